The molecule has 0 saturated heterocycles. The van der Waals surface area contributed by atoms with Gasteiger partial charge in [-0.2, -0.15) is 0 Å². The first kappa shape index (κ1) is 25.0. The number of amides is 1. The third kappa shape index (κ3) is 5.08. The van der Waals surface area contributed by atoms with E-state index in [0.717, 1.165) is 16.6 Å². The van der Waals surface area contributed by atoms with Crippen LogP contribution >= 0.6 is 0 Å². The maximum atomic E-state index is 15.3. The molecule has 0 aliphatic heterocycles. The molecule has 3 heterocycles. The number of halogens is 2. The van der Waals surface area contributed by atoms with Gasteiger partial charge in [-0.3, -0.25) is 4.79 Å². The van der Waals surface area contributed by atoms with Gasteiger partial charge >= 0.3 is 0 Å². The van der Waals surface area contributed by atoms with E-state index in [4.69, 9.17) is 9.72 Å². The Morgan fingerprint density at radius 1 is 1.03 bits per heavy atom. The number of pyridine rings is 2. The molecule has 0 radical (unpaired) electrons. The second kappa shape index (κ2) is 10.4. The number of anilines is 1. The average molecular weight is 514 g/mol. The van der Waals surface area contributed by atoms with Gasteiger partial charge in [0.1, 0.15) is 23.3 Å². The molecule has 0 bridgehead atoms. The van der Waals surface area contributed by atoms with Crippen molar-refractivity contribution >= 4 is 22.8 Å². The van der Waals surface area contributed by atoms with Gasteiger partial charge in [0.15, 0.2) is 0 Å². The molecule has 5 aromatic rings. The maximum absolute atomic E-state index is 15.3. The van der Waals surface area contributed by atoms with E-state index in [0.29, 0.717) is 40.6 Å². The molecule has 5 rings (SSSR count). The Bertz CT molecular complexity index is 1600. The van der Waals surface area contributed by atoms with Gasteiger partial charge in [0.2, 0.25) is 11.8 Å². The van der Waals surface area contributed by atoms with Gasteiger partial charge in [-0.05, 0) is 48.4 Å². The van der Waals surface area contributed by atoms with E-state index >= 15 is 4.39 Å². The van der Waals surface area contributed by atoms with Gasteiger partial charge < -0.3 is 14.6 Å². The molecule has 1 N–H and O–H groups in total. The Hall–Kier alpha value is -4.66. The monoisotopic (exact) mass is 513 g/mol. The van der Waals surface area contributed by atoms with Crippen LogP contribution in [-0.2, 0) is 11.2 Å². The molecule has 7 nitrogen and oxygen atoms in total. The Balaban J connectivity index is 1.62. The number of aromatic nitrogens is 4. The molecule has 2 aromatic carbocycles. The molecule has 192 valence electrons. The Kier molecular flexibility index (Phi) is 6.83. The van der Waals surface area contributed by atoms with Crippen LogP contribution in [-0.4, -0.2) is 32.5 Å². The smallest absolute Gasteiger partial charge is 0.222 e. The zero-order valence-corrected chi connectivity index (χ0v) is 21.1. The second-order valence-electron chi connectivity index (χ2n) is 8.95. The molecule has 0 unspecified atom stereocenters. The minimum absolute atomic E-state index is 0.204. The summed E-state index contributed by atoms with van der Waals surface area (Å²) >= 11 is 0. The lowest BCUT2D eigenvalue weighted by Crippen LogP contribution is -2.12. The summed E-state index contributed by atoms with van der Waals surface area (Å²) in [4.78, 5) is 24.6. The molecule has 0 aliphatic rings. The van der Waals surface area contributed by atoms with Crippen molar-refractivity contribution in [3.63, 3.8) is 0 Å². The van der Waals surface area contributed by atoms with Crippen LogP contribution in [0.5, 0.6) is 5.88 Å². The predicted octanol–water partition coefficient (Wildman–Crippen LogP) is 5.94. The van der Waals surface area contributed by atoms with Crippen LogP contribution in [0.4, 0.5) is 14.6 Å². The van der Waals surface area contributed by atoms with Crippen molar-refractivity contribution in [1.29, 1.82) is 0 Å². The van der Waals surface area contributed by atoms with Gasteiger partial charge in [0, 0.05) is 49.0 Å². The van der Waals surface area contributed by atoms with Crippen molar-refractivity contribution in [3.8, 4) is 17.0 Å². The van der Waals surface area contributed by atoms with E-state index in [9.17, 15) is 9.18 Å². The number of nitrogens with zero attached hydrogens (tertiary/aromatic N) is 4. The van der Waals surface area contributed by atoms with Crippen molar-refractivity contribution in [3.05, 3.63) is 102 Å². The van der Waals surface area contributed by atoms with Crippen molar-refractivity contribution in [1.82, 2.24) is 19.5 Å². The SMILES string of the molecule is COc1ccc(-c2cc3c(cc2F)nc(Cc2ccc(NC(C)=O)nc2)n3[C@@H](C)c2ccc(F)cc2)cn1. The third-order valence-electron chi connectivity index (χ3n) is 6.34. The summed E-state index contributed by atoms with van der Waals surface area (Å²) in [5, 5.41) is 2.65. The third-order valence-corrected chi connectivity index (χ3v) is 6.34. The van der Waals surface area contributed by atoms with Crippen LogP contribution in [0.25, 0.3) is 22.2 Å². The zero-order valence-electron chi connectivity index (χ0n) is 21.1. The highest BCUT2D eigenvalue weighted by atomic mass is 19.1. The van der Waals surface area contributed by atoms with Crippen LogP contribution in [0.3, 0.4) is 0 Å². The number of fused-ring (bicyclic) bond motifs is 1. The van der Waals surface area contributed by atoms with Crippen LogP contribution in [0.1, 0.15) is 36.8 Å². The summed E-state index contributed by atoms with van der Waals surface area (Å²) in [5.41, 5.74) is 3.95. The number of hydrogen-bond acceptors (Lipinski definition) is 5. The Labute approximate surface area is 218 Å². The maximum Gasteiger partial charge on any atom is 0.222 e. The first-order chi connectivity index (χ1) is 18.3. The number of rotatable bonds is 7. The van der Waals surface area contributed by atoms with Gasteiger partial charge in [-0.1, -0.05) is 18.2 Å². The van der Waals surface area contributed by atoms with E-state index in [-0.39, 0.29) is 17.8 Å². The van der Waals surface area contributed by atoms with E-state index < -0.39 is 5.82 Å². The average Bonchev–Trinajstić information content (AvgIpc) is 3.25. The summed E-state index contributed by atoms with van der Waals surface area (Å²) in [5.74, 6) is 0.634. The Morgan fingerprint density at radius 3 is 2.45 bits per heavy atom. The van der Waals surface area contributed by atoms with E-state index in [1.165, 1.54) is 32.2 Å². The normalized spacial score (nSPS) is 11.9. The fourth-order valence-electron chi connectivity index (χ4n) is 4.46. The molecule has 1 amide bonds. The molecule has 0 aliphatic carbocycles. The second-order valence-corrected chi connectivity index (χ2v) is 8.95. The molecular weight excluding hydrogens is 488 g/mol. The largest absolute Gasteiger partial charge is 0.481 e. The zero-order chi connectivity index (χ0) is 26.8. The number of ether oxygens (including phenoxy) is 1. The lowest BCUT2D eigenvalue weighted by Gasteiger charge is -2.19. The molecular formula is C29H25F2N5O2. The fraction of sp³-hybridized carbons (Fsp3) is 0.172. The van der Waals surface area contributed by atoms with Crippen LogP contribution in [0.15, 0.2) is 73.1 Å². The summed E-state index contributed by atoms with van der Waals surface area (Å²) in [6, 6.07) is 16.3. The first-order valence-corrected chi connectivity index (χ1v) is 12.0. The topological polar surface area (TPSA) is 81.9 Å². The summed E-state index contributed by atoms with van der Waals surface area (Å²) in [7, 11) is 1.52. The molecule has 9 heteroatoms. The Morgan fingerprint density at radius 2 is 1.82 bits per heavy atom. The molecule has 0 spiro atoms. The number of methoxy groups -OCH3 is 1. The summed E-state index contributed by atoms with van der Waals surface area (Å²) in [6.07, 6.45) is 3.65. The summed E-state index contributed by atoms with van der Waals surface area (Å²) < 4.78 is 36.1. The van der Waals surface area contributed by atoms with Gasteiger partial charge in [0.05, 0.1) is 24.2 Å². The van der Waals surface area contributed by atoms with Crippen molar-refractivity contribution < 1.29 is 18.3 Å². The van der Waals surface area contributed by atoms with Crippen molar-refractivity contribution in [2.45, 2.75) is 26.3 Å². The molecule has 1 atom stereocenters. The lowest BCUT2D eigenvalue weighted by molar-refractivity contribution is -0.114. The number of hydrogen-bond donors (Lipinski definition) is 1. The first-order valence-electron chi connectivity index (χ1n) is 12.0. The fourth-order valence-corrected chi connectivity index (χ4v) is 4.46. The number of imidazole rings is 1. The minimum Gasteiger partial charge on any atom is -0.481 e. The van der Waals surface area contributed by atoms with Crippen molar-refractivity contribution in [2.75, 3.05) is 12.4 Å². The predicted molar refractivity (Wildman–Crippen MR) is 141 cm³/mol. The number of carbonyl (C=O) groups excluding carboxylic acids is 1. The summed E-state index contributed by atoms with van der Waals surface area (Å²) in [6.45, 7) is 3.41. The number of carbonyl (C=O) groups is 1. The van der Waals surface area contributed by atoms with Crippen LogP contribution in [0.2, 0.25) is 0 Å². The number of nitrogens with one attached hydrogen (secondary N) is 1. The highest BCUT2D eigenvalue weighted by molar-refractivity contribution is 5.87. The molecule has 0 fully saturated rings. The van der Waals surface area contributed by atoms with Crippen LogP contribution in [0, 0.1) is 11.6 Å². The van der Waals surface area contributed by atoms with E-state index in [1.54, 1.807) is 48.8 Å². The highest BCUT2D eigenvalue weighted by Crippen LogP contribution is 2.33. The van der Waals surface area contributed by atoms with Gasteiger partial charge in [-0.25, -0.2) is 23.7 Å². The molecule has 0 saturated carbocycles. The van der Waals surface area contributed by atoms with E-state index in [1.807, 2.05) is 17.6 Å². The number of benzene rings is 2. The van der Waals surface area contributed by atoms with Gasteiger partial charge in [-0.15, -0.1) is 0 Å². The quantitative estimate of drug-likeness (QED) is 0.291. The van der Waals surface area contributed by atoms with Gasteiger partial charge in [0.25, 0.3) is 0 Å². The highest BCUT2D eigenvalue weighted by Gasteiger charge is 2.21. The van der Waals surface area contributed by atoms with Crippen LogP contribution < -0.4 is 10.1 Å². The van der Waals surface area contributed by atoms with Crippen molar-refractivity contribution in [2.24, 2.45) is 0 Å². The molecule has 38 heavy (non-hydrogen) atoms. The molecule has 3 aromatic heterocycles. The minimum atomic E-state index is -0.420. The standard InChI is InChI=1S/C29H25F2N5O2/c1-17(20-5-8-22(30)9-6-20)36-26-13-23(21-7-11-29(38-3)33-16-21)24(31)14-25(26)35-28(36)12-19-4-10-27(32-15-19)34-18(2)37/h4-11,13-17H,12H2,1-3H3,(H,32,34,37)/t17-/m0/s1. The lowest BCUT2D eigenvalue weighted by atomic mass is 10.0. The van der Waals surface area contributed by atoms with E-state index in [2.05, 4.69) is 15.3 Å².